The predicted molar refractivity (Wildman–Crippen MR) is 123 cm³/mol. The van der Waals surface area contributed by atoms with Crippen LogP contribution in [-0.4, -0.2) is 29.7 Å². The van der Waals surface area contributed by atoms with Gasteiger partial charge in [-0.3, -0.25) is 4.57 Å². The number of hydrogen-bond donors (Lipinski definition) is 2. The fourth-order valence-electron chi connectivity index (χ4n) is 3.08. The van der Waals surface area contributed by atoms with Crippen LogP contribution in [0.5, 0.6) is 0 Å². The molecule has 5 aromatic rings. The van der Waals surface area contributed by atoms with E-state index >= 15 is 0 Å². The summed E-state index contributed by atoms with van der Waals surface area (Å²) in [6, 6.07) is 23.2. The number of rotatable bonds is 7. The molecule has 0 atom stereocenters. The first-order valence-electron chi connectivity index (χ1n) is 9.76. The minimum atomic E-state index is 0.148. The molecule has 5 rings (SSSR count). The highest BCUT2D eigenvalue weighted by molar-refractivity contribution is 7.98. The molecule has 0 aliphatic rings. The third kappa shape index (κ3) is 4.30. The minimum absolute atomic E-state index is 0.148. The van der Waals surface area contributed by atoms with Crippen molar-refractivity contribution in [3.8, 4) is 17.3 Å². The van der Waals surface area contributed by atoms with Gasteiger partial charge in [0.15, 0.2) is 10.9 Å². The van der Waals surface area contributed by atoms with Crippen molar-refractivity contribution in [1.82, 2.24) is 29.7 Å². The number of para-hydroxylation sites is 2. The highest BCUT2D eigenvalue weighted by Crippen LogP contribution is 2.29. The molecule has 0 saturated heterocycles. The molecule has 0 fully saturated rings. The average Bonchev–Trinajstić information content (AvgIpc) is 3.48. The van der Waals surface area contributed by atoms with E-state index in [-0.39, 0.29) is 5.95 Å². The molecule has 9 nitrogen and oxygen atoms in total. The second-order valence-electron chi connectivity index (χ2n) is 6.67. The molecule has 0 radical (unpaired) electrons. The van der Waals surface area contributed by atoms with Gasteiger partial charge in [0.25, 0.3) is 0 Å². The van der Waals surface area contributed by atoms with Crippen molar-refractivity contribution in [2.45, 2.75) is 10.9 Å². The second-order valence-corrected chi connectivity index (χ2v) is 7.61. The minimum Gasteiger partial charge on any atom is -0.461 e. The zero-order valence-corrected chi connectivity index (χ0v) is 17.6. The maximum absolute atomic E-state index is 5.91. The lowest BCUT2D eigenvalue weighted by Crippen LogP contribution is -2.07. The highest BCUT2D eigenvalue weighted by atomic mass is 32.2. The van der Waals surface area contributed by atoms with Gasteiger partial charge in [0.2, 0.25) is 17.7 Å². The van der Waals surface area contributed by atoms with E-state index in [0.29, 0.717) is 34.3 Å². The second kappa shape index (κ2) is 8.90. The topological polar surface area (TPSA) is 121 Å². The third-order valence-corrected chi connectivity index (χ3v) is 5.37. The molecule has 32 heavy (non-hydrogen) atoms. The van der Waals surface area contributed by atoms with Crippen LogP contribution in [0.1, 0.15) is 5.82 Å². The lowest BCUT2D eigenvalue weighted by Gasteiger charge is -2.09. The van der Waals surface area contributed by atoms with Gasteiger partial charge in [0, 0.05) is 11.4 Å². The Hall–Kier alpha value is -4.18. The molecule has 0 aliphatic heterocycles. The van der Waals surface area contributed by atoms with Gasteiger partial charge in [-0.05, 0) is 36.4 Å². The van der Waals surface area contributed by atoms with Gasteiger partial charge < -0.3 is 15.5 Å². The van der Waals surface area contributed by atoms with E-state index in [1.807, 2.05) is 77.4 Å². The Morgan fingerprint density at radius 2 is 1.66 bits per heavy atom. The average molecular weight is 443 g/mol. The van der Waals surface area contributed by atoms with E-state index in [1.165, 1.54) is 11.8 Å². The van der Waals surface area contributed by atoms with Gasteiger partial charge in [0.1, 0.15) is 5.82 Å². The molecule has 2 aromatic carbocycles. The van der Waals surface area contributed by atoms with E-state index < -0.39 is 0 Å². The van der Waals surface area contributed by atoms with E-state index in [9.17, 15) is 0 Å². The fourth-order valence-corrected chi connectivity index (χ4v) is 3.88. The number of anilines is 3. The molecule has 10 heteroatoms. The van der Waals surface area contributed by atoms with Crippen molar-refractivity contribution in [3.05, 3.63) is 84.9 Å². The van der Waals surface area contributed by atoms with E-state index in [1.54, 1.807) is 6.26 Å². The Labute approximate surface area is 187 Å². The zero-order chi connectivity index (χ0) is 21.8. The summed E-state index contributed by atoms with van der Waals surface area (Å²) in [7, 11) is 0. The number of furan rings is 1. The fraction of sp³-hybridized carbons (Fsp3) is 0.0455. The van der Waals surface area contributed by atoms with Crippen LogP contribution in [0.2, 0.25) is 0 Å². The molecular weight excluding hydrogens is 424 g/mol. The van der Waals surface area contributed by atoms with Crippen molar-refractivity contribution < 1.29 is 4.42 Å². The third-order valence-electron chi connectivity index (χ3n) is 4.45. The smallest absolute Gasteiger partial charge is 0.232 e. The maximum Gasteiger partial charge on any atom is 0.232 e. The van der Waals surface area contributed by atoms with E-state index in [0.717, 1.165) is 11.4 Å². The lowest BCUT2D eigenvalue weighted by molar-refractivity contribution is 0.575. The maximum atomic E-state index is 5.91. The van der Waals surface area contributed by atoms with Crippen molar-refractivity contribution in [2.75, 3.05) is 11.1 Å². The predicted octanol–water partition coefficient (Wildman–Crippen LogP) is 4.33. The number of thioether (sulfide) groups is 1. The monoisotopic (exact) mass is 442 g/mol. The number of aromatic nitrogens is 6. The van der Waals surface area contributed by atoms with E-state index in [2.05, 4.69) is 30.5 Å². The number of nitrogen functional groups attached to an aromatic ring is 1. The van der Waals surface area contributed by atoms with Crippen molar-refractivity contribution in [3.63, 3.8) is 0 Å². The first-order valence-corrected chi connectivity index (χ1v) is 10.7. The molecule has 3 N–H and O–H groups in total. The molecule has 0 aliphatic carbocycles. The van der Waals surface area contributed by atoms with Gasteiger partial charge in [0.05, 0.1) is 12.0 Å². The van der Waals surface area contributed by atoms with Gasteiger partial charge >= 0.3 is 0 Å². The van der Waals surface area contributed by atoms with Crippen molar-refractivity contribution in [2.24, 2.45) is 0 Å². The number of benzene rings is 2. The Kier molecular flexibility index (Phi) is 5.50. The number of hydrogen-bond acceptors (Lipinski definition) is 9. The van der Waals surface area contributed by atoms with Gasteiger partial charge in [-0.25, -0.2) is 0 Å². The Morgan fingerprint density at radius 3 is 2.41 bits per heavy atom. The Balaban J connectivity index is 1.42. The van der Waals surface area contributed by atoms with E-state index in [4.69, 9.17) is 10.2 Å². The summed E-state index contributed by atoms with van der Waals surface area (Å²) in [5.41, 5.74) is 7.70. The van der Waals surface area contributed by atoms with Crippen LogP contribution in [0, 0.1) is 0 Å². The molecule has 0 bridgehead atoms. The SMILES string of the molecule is Nc1nc(CSc2nnc(-c3ccco3)n2-c2ccccc2)nc(Nc2ccccc2)n1. The summed E-state index contributed by atoms with van der Waals surface area (Å²) >= 11 is 1.45. The summed E-state index contributed by atoms with van der Waals surface area (Å²) in [4.78, 5) is 12.9. The molecule has 0 saturated carbocycles. The molecule has 0 unspecified atom stereocenters. The molecule has 0 spiro atoms. The lowest BCUT2D eigenvalue weighted by atomic mass is 10.3. The molecule has 3 heterocycles. The molecule has 0 amide bonds. The summed E-state index contributed by atoms with van der Waals surface area (Å²) in [5, 5.41) is 12.5. The van der Waals surface area contributed by atoms with Crippen molar-refractivity contribution in [1.29, 1.82) is 0 Å². The van der Waals surface area contributed by atoms with Crippen LogP contribution in [0.25, 0.3) is 17.3 Å². The first kappa shape index (κ1) is 19.8. The largest absolute Gasteiger partial charge is 0.461 e. The van der Waals surface area contributed by atoms with Crippen LogP contribution in [0.15, 0.2) is 88.6 Å². The molecule has 158 valence electrons. The zero-order valence-electron chi connectivity index (χ0n) is 16.8. The first-order chi connectivity index (χ1) is 15.8. The van der Waals surface area contributed by atoms with Crippen LogP contribution >= 0.6 is 11.8 Å². The summed E-state index contributed by atoms with van der Waals surface area (Å²) in [6.07, 6.45) is 1.61. The Morgan fingerprint density at radius 1 is 0.875 bits per heavy atom. The number of nitrogens with one attached hydrogen (secondary N) is 1. The van der Waals surface area contributed by atoms with Crippen LogP contribution in [0.4, 0.5) is 17.6 Å². The van der Waals surface area contributed by atoms with Gasteiger partial charge in [-0.1, -0.05) is 48.2 Å². The summed E-state index contributed by atoms with van der Waals surface area (Å²) in [6.45, 7) is 0. The van der Waals surface area contributed by atoms with Crippen LogP contribution in [-0.2, 0) is 5.75 Å². The van der Waals surface area contributed by atoms with Crippen LogP contribution in [0.3, 0.4) is 0 Å². The van der Waals surface area contributed by atoms with Gasteiger partial charge in [-0.15, -0.1) is 10.2 Å². The van der Waals surface area contributed by atoms with Crippen LogP contribution < -0.4 is 11.1 Å². The quantitative estimate of drug-likeness (QED) is 0.355. The molecular formula is C22H18N8OS. The highest BCUT2D eigenvalue weighted by Gasteiger charge is 2.18. The molecule has 3 aromatic heterocycles. The summed E-state index contributed by atoms with van der Waals surface area (Å²) in [5.74, 6) is 2.74. The number of nitrogens with zero attached hydrogens (tertiary/aromatic N) is 6. The van der Waals surface area contributed by atoms with Gasteiger partial charge in [-0.2, -0.15) is 15.0 Å². The normalized spacial score (nSPS) is 10.9. The Bertz CT molecular complexity index is 1310. The van der Waals surface area contributed by atoms with Crippen molar-refractivity contribution >= 4 is 29.3 Å². The summed E-state index contributed by atoms with van der Waals surface area (Å²) < 4.78 is 7.50. The standard InChI is InChI=1S/C22H18N8OS/c23-20-25-18(26-21(27-20)24-15-8-3-1-4-9-15)14-32-22-29-28-19(17-12-7-13-31-17)30(22)16-10-5-2-6-11-16/h1-13H,14H2,(H3,23,24,25,26,27). The number of nitrogens with two attached hydrogens (primary N) is 1.